The van der Waals surface area contributed by atoms with Crippen LogP contribution in [0.3, 0.4) is 0 Å². The van der Waals surface area contributed by atoms with Crippen LogP contribution in [0.2, 0.25) is 0 Å². The van der Waals surface area contributed by atoms with Crippen LogP contribution in [0.4, 0.5) is 0 Å². The quantitative estimate of drug-likeness (QED) is 0.611. The molecular formula is C17H24BrNO2. The zero-order valence-corrected chi connectivity index (χ0v) is 14.2. The SMILES string of the molecule is CCCCOc1ccc(C(=O)NC2CCC(Br)CC2)cc1. The number of rotatable bonds is 6. The molecular weight excluding hydrogens is 330 g/mol. The Kier molecular flexibility index (Phi) is 6.55. The highest BCUT2D eigenvalue weighted by atomic mass is 79.9. The van der Waals surface area contributed by atoms with Gasteiger partial charge < -0.3 is 10.1 Å². The Balaban J connectivity index is 1.82. The minimum absolute atomic E-state index is 0.0214. The van der Waals surface area contributed by atoms with E-state index in [1.54, 1.807) is 0 Å². The summed E-state index contributed by atoms with van der Waals surface area (Å²) in [7, 11) is 0. The van der Waals surface area contributed by atoms with Crippen LogP contribution in [0.25, 0.3) is 0 Å². The predicted octanol–water partition coefficient (Wildman–Crippen LogP) is 4.30. The van der Waals surface area contributed by atoms with Crippen LogP contribution < -0.4 is 10.1 Å². The molecule has 0 atom stereocenters. The first-order valence-corrected chi connectivity index (χ1v) is 8.78. The number of carbonyl (C=O) groups excluding carboxylic acids is 1. The zero-order chi connectivity index (χ0) is 15.1. The molecule has 0 radical (unpaired) electrons. The summed E-state index contributed by atoms with van der Waals surface area (Å²) in [5, 5.41) is 3.13. The number of ether oxygens (including phenoxy) is 1. The molecule has 4 heteroatoms. The molecule has 0 spiro atoms. The van der Waals surface area contributed by atoms with Gasteiger partial charge in [-0.2, -0.15) is 0 Å². The zero-order valence-electron chi connectivity index (χ0n) is 12.6. The molecule has 0 heterocycles. The predicted molar refractivity (Wildman–Crippen MR) is 89.3 cm³/mol. The van der Waals surface area contributed by atoms with Crippen LogP contribution in [0, 0.1) is 0 Å². The van der Waals surface area contributed by atoms with Crippen LogP contribution in [0.15, 0.2) is 24.3 Å². The van der Waals surface area contributed by atoms with Gasteiger partial charge in [-0.25, -0.2) is 0 Å². The van der Waals surface area contributed by atoms with Crippen LogP contribution in [-0.4, -0.2) is 23.4 Å². The number of nitrogens with one attached hydrogen (secondary N) is 1. The molecule has 1 saturated carbocycles. The van der Waals surface area contributed by atoms with Gasteiger partial charge in [-0.3, -0.25) is 4.79 Å². The van der Waals surface area contributed by atoms with Gasteiger partial charge in [0.15, 0.2) is 0 Å². The van der Waals surface area contributed by atoms with Gasteiger partial charge in [0.05, 0.1) is 6.61 Å². The maximum Gasteiger partial charge on any atom is 0.251 e. The second kappa shape index (κ2) is 8.42. The second-order valence-corrected chi connectivity index (χ2v) is 6.94. The minimum Gasteiger partial charge on any atom is -0.494 e. The number of hydrogen-bond donors (Lipinski definition) is 1. The number of benzene rings is 1. The molecule has 21 heavy (non-hydrogen) atoms. The highest BCUT2D eigenvalue weighted by Crippen LogP contribution is 2.24. The highest BCUT2D eigenvalue weighted by molar-refractivity contribution is 9.09. The van der Waals surface area contributed by atoms with Crippen molar-refractivity contribution < 1.29 is 9.53 Å². The fourth-order valence-corrected chi connectivity index (χ4v) is 3.03. The van der Waals surface area contributed by atoms with E-state index in [-0.39, 0.29) is 5.91 Å². The van der Waals surface area contributed by atoms with Gasteiger partial charge >= 0.3 is 0 Å². The largest absolute Gasteiger partial charge is 0.494 e. The number of halogens is 1. The summed E-state index contributed by atoms with van der Waals surface area (Å²) < 4.78 is 5.61. The molecule has 3 nitrogen and oxygen atoms in total. The Labute approximate surface area is 135 Å². The average molecular weight is 354 g/mol. The molecule has 0 unspecified atom stereocenters. The lowest BCUT2D eigenvalue weighted by Gasteiger charge is -2.26. The molecule has 0 bridgehead atoms. The van der Waals surface area contributed by atoms with Crippen molar-refractivity contribution in [3.05, 3.63) is 29.8 Å². The van der Waals surface area contributed by atoms with E-state index in [1.807, 2.05) is 24.3 Å². The molecule has 0 aromatic heterocycles. The Bertz CT molecular complexity index is 439. The third-order valence-corrected chi connectivity index (χ3v) is 4.79. The van der Waals surface area contributed by atoms with Crippen molar-refractivity contribution in [3.8, 4) is 5.75 Å². The molecule has 116 valence electrons. The van der Waals surface area contributed by atoms with E-state index < -0.39 is 0 Å². The lowest BCUT2D eigenvalue weighted by molar-refractivity contribution is 0.0928. The van der Waals surface area contributed by atoms with E-state index >= 15 is 0 Å². The number of amides is 1. The van der Waals surface area contributed by atoms with E-state index in [0.29, 0.717) is 16.4 Å². The lowest BCUT2D eigenvalue weighted by atomic mass is 9.95. The van der Waals surface area contributed by atoms with E-state index in [4.69, 9.17) is 4.74 Å². The molecule has 1 N–H and O–H groups in total. The van der Waals surface area contributed by atoms with Crippen LogP contribution in [0.5, 0.6) is 5.75 Å². The summed E-state index contributed by atoms with van der Waals surface area (Å²) in [5.41, 5.74) is 0.707. The third kappa shape index (κ3) is 5.34. The second-order valence-electron chi connectivity index (χ2n) is 5.65. The van der Waals surface area contributed by atoms with E-state index in [1.165, 1.54) is 0 Å². The molecule has 1 aliphatic rings. The van der Waals surface area contributed by atoms with Crippen LogP contribution in [0.1, 0.15) is 55.8 Å². The average Bonchev–Trinajstić information content (AvgIpc) is 2.50. The van der Waals surface area contributed by atoms with Crippen molar-refractivity contribution in [2.75, 3.05) is 6.61 Å². The standard InChI is InChI=1S/C17H24BrNO2/c1-2-3-12-21-16-10-4-13(5-11-16)17(20)19-15-8-6-14(18)7-9-15/h4-5,10-11,14-15H,2-3,6-9,12H2,1H3,(H,19,20). The molecule has 1 fully saturated rings. The molecule has 0 saturated heterocycles. The van der Waals surface area contributed by atoms with Gasteiger partial charge in [-0.1, -0.05) is 29.3 Å². The van der Waals surface area contributed by atoms with Gasteiger partial charge in [0.2, 0.25) is 0 Å². The van der Waals surface area contributed by atoms with Gasteiger partial charge in [0.1, 0.15) is 5.75 Å². The summed E-state index contributed by atoms with van der Waals surface area (Å²) in [6.45, 7) is 2.87. The van der Waals surface area contributed by atoms with Gasteiger partial charge in [-0.05, 0) is 56.4 Å². The number of alkyl halides is 1. The number of carbonyl (C=O) groups is 1. The van der Waals surface area contributed by atoms with Gasteiger partial charge in [-0.15, -0.1) is 0 Å². The third-order valence-electron chi connectivity index (χ3n) is 3.88. The summed E-state index contributed by atoms with van der Waals surface area (Å²) >= 11 is 3.63. The molecule has 1 aromatic carbocycles. The molecule has 2 rings (SSSR count). The molecule has 1 amide bonds. The lowest BCUT2D eigenvalue weighted by Crippen LogP contribution is -2.37. The topological polar surface area (TPSA) is 38.3 Å². The first kappa shape index (κ1) is 16.3. The van der Waals surface area contributed by atoms with Crippen molar-refractivity contribution in [1.29, 1.82) is 0 Å². The van der Waals surface area contributed by atoms with Gasteiger partial charge in [0.25, 0.3) is 5.91 Å². The fourth-order valence-electron chi connectivity index (χ4n) is 2.50. The fraction of sp³-hybridized carbons (Fsp3) is 0.588. The Morgan fingerprint density at radius 3 is 2.52 bits per heavy atom. The van der Waals surface area contributed by atoms with Crippen molar-refractivity contribution in [2.24, 2.45) is 0 Å². The van der Waals surface area contributed by atoms with Gasteiger partial charge in [0, 0.05) is 16.4 Å². The summed E-state index contributed by atoms with van der Waals surface area (Å²) in [5.74, 6) is 0.855. The number of hydrogen-bond acceptors (Lipinski definition) is 2. The molecule has 0 aliphatic heterocycles. The Hall–Kier alpha value is -1.03. The summed E-state index contributed by atoms with van der Waals surface area (Å²) in [4.78, 5) is 12.8. The summed E-state index contributed by atoms with van der Waals surface area (Å²) in [6.07, 6.45) is 6.56. The van der Waals surface area contributed by atoms with E-state index in [9.17, 15) is 4.79 Å². The monoisotopic (exact) mass is 353 g/mol. The smallest absolute Gasteiger partial charge is 0.251 e. The van der Waals surface area contributed by atoms with Crippen molar-refractivity contribution in [2.45, 2.75) is 56.3 Å². The van der Waals surface area contributed by atoms with Crippen LogP contribution in [-0.2, 0) is 0 Å². The van der Waals surface area contributed by atoms with Crippen molar-refractivity contribution >= 4 is 21.8 Å². The number of unbranched alkanes of at least 4 members (excludes halogenated alkanes) is 1. The minimum atomic E-state index is 0.0214. The van der Waals surface area contributed by atoms with E-state index in [2.05, 4.69) is 28.2 Å². The highest BCUT2D eigenvalue weighted by Gasteiger charge is 2.21. The first-order chi connectivity index (χ1) is 10.2. The molecule has 1 aliphatic carbocycles. The van der Waals surface area contributed by atoms with Crippen molar-refractivity contribution in [1.82, 2.24) is 5.32 Å². The van der Waals surface area contributed by atoms with E-state index in [0.717, 1.165) is 50.9 Å². The maximum absolute atomic E-state index is 12.2. The summed E-state index contributed by atoms with van der Waals surface area (Å²) in [6, 6.07) is 7.74. The van der Waals surface area contributed by atoms with Crippen LogP contribution >= 0.6 is 15.9 Å². The molecule has 1 aromatic rings. The van der Waals surface area contributed by atoms with Crippen molar-refractivity contribution in [3.63, 3.8) is 0 Å². The first-order valence-electron chi connectivity index (χ1n) is 7.87. The Morgan fingerprint density at radius 1 is 1.24 bits per heavy atom. The Morgan fingerprint density at radius 2 is 1.90 bits per heavy atom. The normalized spacial score (nSPS) is 21.8. The maximum atomic E-state index is 12.2.